The van der Waals surface area contributed by atoms with Crippen molar-refractivity contribution in [2.24, 2.45) is 16.8 Å². The van der Waals surface area contributed by atoms with Gasteiger partial charge in [-0.3, -0.25) is 9.79 Å². The van der Waals surface area contributed by atoms with Crippen molar-refractivity contribution in [2.45, 2.75) is 37.0 Å². The van der Waals surface area contributed by atoms with Crippen molar-refractivity contribution in [2.75, 3.05) is 20.2 Å². The minimum atomic E-state index is -3.68. The first-order valence-corrected chi connectivity index (χ1v) is 15.2. The van der Waals surface area contributed by atoms with Gasteiger partial charge in [-0.25, -0.2) is 31.3 Å². The third-order valence-corrected chi connectivity index (χ3v) is 11.0. The van der Waals surface area contributed by atoms with Crippen LogP contribution in [0.1, 0.15) is 42.3 Å². The fourth-order valence-corrected chi connectivity index (χ4v) is 8.20. The number of sulfonamides is 1. The lowest BCUT2D eigenvalue weighted by molar-refractivity contribution is -0.144. The SMILES string of the molecule is COC(=O)C1=C(C2CCN(S(=O)(=O)C3CC(C(=O)O)C3)CC2)NC(c2nccs2)=N[C@@H]1c1ccc(F)c(F)c1Cl. The molecule has 214 valence electrons. The molecule has 2 N–H and O–H groups in total. The number of allylic oxidation sites excluding steroid dienone is 1. The number of nitrogens with one attached hydrogen (secondary N) is 1. The van der Waals surface area contributed by atoms with Gasteiger partial charge < -0.3 is 15.2 Å². The van der Waals surface area contributed by atoms with E-state index in [2.05, 4.69) is 15.3 Å². The van der Waals surface area contributed by atoms with E-state index in [1.54, 1.807) is 11.6 Å². The Labute approximate surface area is 237 Å². The summed E-state index contributed by atoms with van der Waals surface area (Å²) in [4.78, 5) is 33.2. The summed E-state index contributed by atoms with van der Waals surface area (Å²) < 4.78 is 61.0. The van der Waals surface area contributed by atoms with Crippen molar-refractivity contribution < 1.29 is 36.6 Å². The summed E-state index contributed by atoms with van der Waals surface area (Å²) in [6.45, 7) is 0.308. The van der Waals surface area contributed by atoms with E-state index in [0.717, 1.165) is 6.07 Å². The Balaban J connectivity index is 1.48. The number of aromatic nitrogens is 1. The summed E-state index contributed by atoms with van der Waals surface area (Å²) >= 11 is 7.48. The smallest absolute Gasteiger partial charge is 0.338 e. The first-order valence-electron chi connectivity index (χ1n) is 12.4. The Morgan fingerprint density at radius 2 is 1.93 bits per heavy atom. The Bertz CT molecular complexity index is 1500. The number of aliphatic imine (C=N–C) groups is 1. The lowest BCUT2D eigenvalue weighted by Gasteiger charge is -2.40. The highest BCUT2D eigenvalue weighted by molar-refractivity contribution is 7.89. The van der Waals surface area contributed by atoms with Crippen molar-refractivity contribution in [1.82, 2.24) is 14.6 Å². The summed E-state index contributed by atoms with van der Waals surface area (Å²) in [5, 5.41) is 13.3. The normalized spacial score (nSPS) is 24.2. The molecule has 0 radical (unpaired) electrons. The molecule has 0 amide bonds. The number of piperidine rings is 1. The molecule has 1 atom stereocenters. The Kier molecular flexibility index (Phi) is 7.97. The van der Waals surface area contributed by atoms with E-state index in [-0.39, 0.29) is 43.0 Å². The molecule has 40 heavy (non-hydrogen) atoms. The average molecular weight is 615 g/mol. The Morgan fingerprint density at radius 1 is 1.23 bits per heavy atom. The molecule has 2 aliphatic heterocycles. The van der Waals surface area contributed by atoms with Gasteiger partial charge in [0.1, 0.15) is 6.04 Å². The van der Waals surface area contributed by atoms with Gasteiger partial charge in [-0.15, -0.1) is 11.3 Å². The van der Waals surface area contributed by atoms with Crippen LogP contribution < -0.4 is 5.32 Å². The number of hydrogen-bond acceptors (Lipinski definition) is 9. The third-order valence-electron chi connectivity index (χ3n) is 7.56. The van der Waals surface area contributed by atoms with E-state index in [1.165, 1.54) is 28.8 Å². The number of carboxylic acid groups (broad SMARTS) is 1. The zero-order chi connectivity index (χ0) is 28.8. The second-order valence-corrected chi connectivity index (χ2v) is 13.3. The average Bonchev–Trinajstić information content (AvgIpc) is 3.45. The number of halogens is 3. The lowest BCUT2D eigenvalue weighted by atomic mass is 9.85. The van der Waals surface area contributed by atoms with E-state index in [1.807, 2.05) is 0 Å². The number of esters is 1. The highest BCUT2D eigenvalue weighted by Crippen LogP contribution is 2.42. The number of carbonyl (C=O) groups excluding carboxylic acids is 1. The summed E-state index contributed by atoms with van der Waals surface area (Å²) in [6, 6.07) is 1.03. The fraction of sp³-hybridized carbons (Fsp3) is 0.440. The molecular formula is C25H25ClF2N4O6S2. The van der Waals surface area contributed by atoms with Crippen molar-refractivity contribution >= 4 is 50.7 Å². The molecule has 0 spiro atoms. The molecule has 1 aromatic heterocycles. The molecular weight excluding hydrogens is 590 g/mol. The van der Waals surface area contributed by atoms with Gasteiger partial charge in [0.15, 0.2) is 22.5 Å². The van der Waals surface area contributed by atoms with Gasteiger partial charge in [0.2, 0.25) is 10.0 Å². The largest absolute Gasteiger partial charge is 0.481 e. The Morgan fingerprint density at radius 3 is 2.52 bits per heavy atom. The van der Waals surface area contributed by atoms with Crippen LogP contribution in [0.4, 0.5) is 8.78 Å². The number of ether oxygens (including phenoxy) is 1. The highest BCUT2D eigenvalue weighted by atomic mass is 35.5. The van der Waals surface area contributed by atoms with Crippen LogP contribution in [0.5, 0.6) is 0 Å². The van der Waals surface area contributed by atoms with Crippen LogP contribution in [0.3, 0.4) is 0 Å². The van der Waals surface area contributed by atoms with Gasteiger partial charge in [-0.2, -0.15) is 0 Å². The van der Waals surface area contributed by atoms with E-state index < -0.39 is 55.8 Å². The molecule has 3 aliphatic rings. The molecule has 1 aliphatic carbocycles. The van der Waals surface area contributed by atoms with Crippen molar-refractivity contribution in [1.29, 1.82) is 0 Å². The van der Waals surface area contributed by atoms with E-state index in [4.69, 9.17) is 21.4 Å². The fourth-order valence-electron chi connectivity index (χ4n) is 5.27. The van der Waals surface area contributed by atoms with Crippen LogP contribution in [0, 0.1) is 23.5 Å². The second-order valence-electron chi connectivity index (χ2n) is 9.77. The number of hydrogen-bond donors (Lipinski definition) is 2. The van der Waals surface area contributed by atoms with Crippen LogP contribution in [-0.4, -0.2) is 66.0 Å². The molecule has 15 heteroatoms. The van der Waals surface area contributed by atoms with E-state index >= 15 is 0 Å². The number of carboxylic acids is 1. The number of methoxy groups -OCH3 is 1. The molecule has 5 rings (SSSR count). The molecule has 0 bridgehead atoms. The summed E-state index contributed by atoms with van der Waals surface area (Å²) in [6.07, 6.45) is 2.41. The standard InChI is InChI=1S/C25H25ClF2N4O6S2/c1-38-25(35)17-20(12-4-7-32(8-5-12)40(36,37)14-10-13(11-14)24(33)34)30-22(23-29-6-9-39-23)31-21(17)15-2-3-16(27)19(28)18(15)26/h2-3,6,9,12-14,21H,4-5,7-8,10-11H2,1H3,(H,30,31)(H,33,34)/t13?,14?,21-/m1/s1. The quantitative estimate of drug-likeness (QED) is 0.357. The molecule has 1 saturated carbocycles. The van der Waals surface area contributed by atoms with Crippen LogP contribution in [0.25, 0.3) is 0 Å². The van der Waals surface area contributed by atoms with Gasteiger partial charge in [0.25, 0.3) is 0 Å². The summed E-state index contributed by atoms with van der Waals surface area (Å²) in [5.74, 6) is -4.86. The van der Waals surface area contributed by atoms with Crippen molar-refractivity contribution in [3.8, 4) is 0 Å². The molecule has 10 nitrogen and oxygen atoms in total. The first kappa shape index (κ1) is 28.6. The van der Waals surface area contributed by atoms with Crippen LogP contribution >= 0.6 is 22.9 Å². The highest BCUT2D eigenvalue weighted by Gasteiger charge is 2.46. The number of amidine groups is 1. The predicted molar refractivity (Wildman–Crippen MR) is 142 cm³/mol. The molecule has 0 unspecified atom stereocenters. The van der Waals surface area contributed by atoms with Gasteiger partial charge in [-0.1, -0.05) is 17.7 Å². The van der Waals surface area contributed by atoms with E-state index in [9.17, 15) is 26.8 Å². The number of benzene rings is 1. The van der Waals surface area contributed by atoms with Crippen molar-refractivity contribution in [3.05, 3.63) is 62.2 Å². The first-order chi connectivity index (χ1) is 19.0. The number of nitrogens with zero attached hydrogens (tertiary/aromatic N) is 3. The third kappa shape index (κ3) is 5.13. The van der Waals surface area contributed by atoms with Gasteiger partial charge >= 0.3 is 11.9 Å². The minimum Gasteiger partial charge on any atom is -0.481 e. The van der Waals surface area contributed by atoms with Gasteiger partial charge in [0.05, 0.1) is 28.9 Å². The lowest BCUT2D eigenvalue weighted by Crippen LogP contribution is -2.50. The number of carbonyl (C=O) groups is 2. The van der Waals surface area contributed by atoms with E-state index in [0.29, 0.717) is 29.4 Å². The predicted octanol–water partition coefficient (Wildman–Crippen LogP) is 3.50. The van der Waals surface area contributed by atoms with Crippen LogP contribution in [0.2, 0.25) is 5.02 Å². The summed E-state index contributed by atoms with van der Waals surface area (Å²) in [5.41, 5.74) is 0.539. The number of thiazole rings is 1. The minimum absolute atomic E-state index is 0.0558. The van der Waals surface area contributed by atoms with Crippen LogP contribution in [0.15, 0.2) is 40.0 Å². The molecule has 2 aromatic rings. The Hall–Kier alpha value is -2.94. The maximum absolute atomic E-state index is 14.5. The zero-order valence-corrected chi connectivity index (χ0v) is 23.5. The second kappa shape index (κ2) is 11.1. The molecule has 3 heterocycles. The topological polar surface area (TPSA) is 138 Å². The molecule has 1 aromatic carbocycles. The number of rotatable bonds is 7. The maximum Gasteiger partial charge on any atom is 0.338 e. The monoisotopic (exact) mass is 614 g/mol. The summed E-state index contributed by atoms with van der Waals surface area (Å²) in [7, 11) is -2.49. The van der Waals surface area contributed by atoms with Gasteiger partial charge in [-0.05, 0) is 31.7 Å². The van der Waals surface area contributed by atoms with Crippen LogP contribution in [-0.2, 0) is 24.3 Å². The number of aliphatic carboxylic acids is 1. The maximum atomic E-state index is 14.5. The zero-order valence-electron chi connectivity index (χ0n) is 21.1. The molecule has 2 fully saturated rings. The molecule has 1 saturated heterocycles. The van der Waals surface area contributed by atoms with Gasteiger partial charge in [0, 0.05) is 41.8 Å². The van der Waals surface area contributed by atoms with Crippen molar-refractivity contribution in [3.63, 3.8) is 0 Å².